The monoisotopic (exact) mass is 393 g/mol. The van der Waals surface area contributed by atoms with Gasteiger partial charge < -0.3 is 10.4 Å². The van der Waals surface area contributed by atoms with E-state index in [1.807, 2.05) is 24.3 Å². The van der Waals surface area contributed by atoms with Gasteiger partial charge in [-0.3, -0.25) is 0 Å². The molecule has 2 aromatic carbocycles. The van der Waals surface area contributed by atoms with Crippen molar-refractivity contribution in [1.29, 1.82) is 0 Å². The molecule has 18 heavy (non-hydrogen) atoms. The third-order valence-corrected chi connectivity index (χ3v) is 3.86. The van der Waals surface area contributed by atoms with Crippen LogP contribution in [0.15, 0.2) is 36.4 Å². The van der Waals surface area contributed by atoms with Crippen molar-refractivity contribution in [3.8, 4) is 5.75 Å². The van der Waals surface area contributed by atoms with Gasteiger partial charge in [-0.2, -0.15) is 0 Å². The van der Waals surface area contributed by atoms with Crippen molar-refractivity contribution < 1.29 is 5.11 Å². The molecule has 2 N–H and O–H groups in total. The molecule has 0 aliphatic carbocycles. The molecule has 0 atom stereocenters. The summed E-state index contributed by atoms with van der Waals surface area (Å²) >= 11 is 14.0. The normalized spacial score (nSPS) is 10.4. The predicted molar refractivity (Wildman–Crippen MR) is 84.6 cm³/mol. The lowest BCUT2D eigenvalue weighted by molar-refractivity contribution is 0.475. The summed E-state index contributed by atoms with van der Waals surface area (Å²) in [5, 5.41) is 13.7. The first-order chi connectivity index (χ1) is 8.56. The number of nitrogens with one attached hydrogen (secondary N) is 1. The van der Waals surface area contributed by atoms with E-state index in [1.165, 1.54) is 0 Å². The van der Waals surface area contributed by atoms with E-state index < -0.39 is 0 Å². The van der Waals surface area contributed by atoms with Gasteiger partial charge in [-0.1, -0.05) is 29.3 Å². The molecule has 2 aromatic rings. The molecule has 0 spiro atoms. The van der Waals surface area contributed by atoms with Gasteiger partial charge >= 0.3 is 0 Å². The zero-order valence-electron chi connectivity index (χ0n) is 9.25. The summed E-state index contributed by atoms with van der Waals surface area (Å²) < 4.78 is 1.06. The second kappa shape index (κ2) is 5.99. The minimum atomic E-state index is 0.0986. The smallest absolute Gasteiger partial charge is 0.134 e. The van der Waals surface area contributed by atoms with Gasteiger partial charge in [-0.25, -0.2) is 0 Å². The van der Waals surface area contributed by atoms with Crippen LogP contribution in [-0.2, 0) is 6.54 Å². The zero-order valence-corrected chi connectivity index (χ0v) is 12.9. The number of rotatable bonds is 3. The quantitative estimate of drug-likeness (QED) is 0.725. The van der Waals surface area contributed by atoms with E-state index in [-0.39, 0.29) is 5.75 Å². The van der Waals surface area contributed by atoms with Crippen molar-refractivity contribution in [3.05, 3.63) is 55.6 Å². The SMILES string of the molecule is Oc1ccc(CNc2ccc(Cl)cc2I)cc1Cl. The Hall–Kier alpha value is -0.650. The molecule has 2 rings (SSSR count). The third-order valence-electron chi connectivity index (χ3n) is 2.43. The van der Waals surface area contributed by atoms with Crippen LogP contribution in [0.25, 0.3) is 0 Å². The van der Waals surface area contributed by atoms with Crippen molar-refractivity contribution >= 4 is 51.5 Å². The number of halogens is 3. The Balaban J connectivity index is 2.09. The lowest BCUT2D eigenvalue weighted by Gasteiger charge is -2.09. The molecule has 0 aliphatic rings. The molecular weight excluding hydrogens is 384 g/mol. The highest BCUT2D eigenvalue weighted by atomic mass is 127. The highest BCUT2D eigenvalue weighted by Gasteiger charge is 2.02. The predicted octanol–water partition coefficient (Wildman–Crippen LogP) is 4.92. The van der Waals surface area contributed by atoms with E-state index >= 15 is 0 Å². The molecule has 0 amide bonds. The lowest BCUT2D eigenvalue weighted by atomic mass is 10.2. The average Bonchev–Trinajstić information content (AvgIpc) is 2.32. The van der Waals surface area contributed by atoms with Crippen molar-refractivity contribution in [2.75, 3.05) is 5.32 Å². The molecule has 0 aliphatic heterocycles. The Morgan fingerprint density at radius 2 is 1.89 bits per heavy atom. The summed E-state index contributed by atoms with van der Waals surface area (Å²) in [6.07, 6.45) is 0. The molecule has 5 heteroatoms. The molecule has 0 radical (unpaired) electrons. The number of benzene rings is 2. The zero-order chi connectivity index (χ0) is 13.1. The second-order valence-electron chi connectivity index (χ2n) is 3.76. The Labute approximate surface area is 129 Å². The average molecular weight is 394 g/mol. The summed E-state index contributed by atoms with van der Waals surface area (Å²) in [7, 11) is 0. The maximum absolute atomic E-state index is 9.34. The first kappa shape index (κ1) is 13.8. The van der Waals surface area contributed by atoms with Crippen molar-refractivity contribution in [1.82, 2.24) is 0 Å². The fourth-order valence-corrected chi connectivity index (χ4v) is 2.76. The van der Waals surface area contributed by atoms with Crippen LogP contribution in [0.5, 0.6) is 5.75 Å². The summed E-state index contributed by atoms with van der Waals surface area (Å²) in [5.74, 6) is 0.0986. The maximum atomic E-state index is 9.34. The number of phenols is 1. The standard InChI is InChI=1S/C13H10Cl2INO/c14-9-2-3-12(11(16)6-9)17-7-8-1-4-13(18)10(15)5-8/h1-6,17-18H,7H2. The first-order valence-corrected chi connectivity index (χ1v) is 7.06. The fourth-order valence-electron chi connectivity index (χ4n) is 1.49. The Bertz CT molecular complexity index is 575. The number of hydrogen-bond donors (Lipinski definition) is 2. The van der Waals surface area contributed by atoms with E-state index in [0.29, 0.717) is 11.6 Å². The Morgan fingerprint density at radius 3 is 2.56 bits per heavy atom. The van der Waals surface area contributed by atoms with Crippen LogP contribution in [0.4, 0.5) is 5.69 Å². The largest absolute Gasteiger partial charge is 0.506 e. The summed E-state index contributed by atoms with van der Waals surface area (Å²) in [6, 6.07) is 10.8. The van der Waals surface area contributed by atoms with Gasteiger partial charge in [0.05, 0.1) is 5.02 Å². The van der Waals surface area contributed by atoms with Gasteiger partial charge in [-0.15, -0.1) is 0 Å². The fraction of sp³-hybridized carbons (Fsp3) is 0.0769. The van der Waals surface area contributed by atoms with Gasteiger partial charge in [0.2, 0.25) is 0 Å². The molecule has 0 aromatic heterocycles. The van der Waals surface area contributed by atoms with Crippen LogP contribution in [0.3, 0.4) is 0 Å². The lowest BCUT2D eigenvalue weighted by Crippen LogP contribution is -2.00. The third kappa shape index (κ3) is 3.43. The van der Waals surface area contributed by atoms with Crippen LogP contribution in [-0.4, -0.2) is 5.11 Å². The molecule has 0 fully saturated rings. The van der Waals surface area contributed by atoms with Crippen LogP contribution >= 0.6 is 45.8 Å². The Kier molecular flexibility index (Phi) is 4.59. The number of hydrogen-bond acceptors (Lipinski definition) is 2. The highest BCUT2D eigenvalue weighted by Crippen LogP contribution is 2.25. The van der Waals surface area contributed by atoms with E-state index in [1.54, 1.807) is 12.1 Å². The van der Waals surface area contributed by atoms with Crippen LogP contribution in [0.1, 0.15) is 5.56 Å². The van der Waals surface area contributed by atoms with Gasteiger partial charge in [0.15, 0.2) is 0 Å². The van der Waals surface area contributed by atoms with E-state index in [4.69, 9.17) is 23.2 Å². The van der Waals surface area contributed by atoms with E-state index in [9.17, 15) is 5.11 Å². The van der Waals surface area contributed by atoms with Gasteiger partial charge in [0, 0.05) is 20.8 Å². The van der Waals surface area contributed by atoms with Crippen molar-refractivity contribution in [2.24, 2.45) is 0 Å². The molecular formula is C13H10Cl2INO. The number of anilines is 1. The summed E-state index contributed by atoms with van der Waals surface area (Å²) in [4.78, 5) is 0. The minimum absolute atomic E-state index is 0.0986. The topological polar surface area (TPSA) is 32.3 Å². The summed E-state index contributed by atoms with van der Waals surface area (Å²) in [6.45, 7) is 0.637. The van der Waals surface area contributed by atoms with E-state index in [0.717, 1.165) is 19.8 Å². The molecule has 0 unspecified atom stereocenters. The van der Waals surface area contributed by atoms with Crippen molar-refractivity contribution in [3.63, 3.8) is 0 Å². The first-order valence-electron chi connectivity index (χ1n) is 5.22. The second-order valence-corrected chi connectivity index (χ2v) is 5.77. The van der Waals surface area contributed by atoms with Gasteiger partial charge in [-0.05, 0) is 58.5 Å². The maximum Gasteiger partial charge on any atom is 0.134 e. The van der Waals surface area contributed by atoms with Crippen LogP contribution < -0.4 is 5.32 Å². The molecule has 0 bridgehead atoms. The molecule has 94 valence electrons. The highest BCUT2D eigenvalue weighted by molar-refractivity contribution is 14.1. The van der Waals surface area contributed by atoms with Crippen LogP contribution in [0.2, 0.25) is 10.0 Å². The summed E-state index contributed by atoms with van der Waals surface area (Å²) in [5.41, 5.74) is 2.02. The van der Waals surface area contributed by atoms with Gasteiger partial charge in [0.1, 0.15) is 5.75 Å². The Morgan fingerprint density at radius 1 is 1.11 bits per heavy atom. The van der Waals surface area contributed by atoms with Crippen molar-refractivity contribution in [2.45, 2.75) is 6.54 Å². The van der Waals surface area contributed by atoms with Gasteiger partial charge in [0.25, 0.3) is 0 Å². The molecule has 0 saturated heterocycles. The minimum Gasteiger partial charge on any atom is -0.506 e. The number of phenolic OH excluding ortho intramolecular Hbond substituents is 1. The molecule has 2 nitrogen and oxygen atoms in total. The molecule has 0 heterocycles. The molecule has 0 saturated carbocycles. The van der Waals surface area contributed by atoms with Crippen LogP contribution in [0, 0.1) is 3.57 Å². The van der Waals surface area contributed by atoms with E-state index in [2.05, 4.69) is 27.9 Å². The number of aromatic hydroxyl groups is 1.